The van der Waals surface area contributed by atoms with Gasteiger partial charge in [-0.2, -0.15) is 4.57 Å². The minimum Gasteiger partial charge on any atom is -0.274 e. The second kappa shape index (κ2) is 8.67. The Kier molecular flexibility index (Phi) is 5.50. The second-order valence-corrected chi connectivity index (χ2v) is 10.1. The van der Waals surface area contributed by atoms with Crippen LogP contribution in [0.3, 0.4) is 0 Å². The number of fused-ring (bicyclic) bond motifs is 1. The molecule has 2 aliphatic rings. The van der Waals surface area contributed by atoms with Crippen LogP contribution in [0, 0.1) is 0 Å². The standard InChI is InChI=1S/C26H22BrN4O2S/c27-15-19-16-34-26-30(18-9-2-1-3-10-18)22(28-31(19)26)13-6-14-29-24(32)20-11-4-7-17-8-5-12-21(23(17)20)25(29)33/h1-5,7-12,19H,6,13-16H2/q+1. The summed E-state index contributed by atoms with van der Waals surface area (Å²) < 4.78 is 4.32. The average molecular weight is 534 g/mol. The fraction of sp³-hybridized carbons (Fsp3) is 0.231. The van der Waals surface area contributed by atoms with Gasteiger partial charge in [-0.05, 0) is 47.8 Å². The molecule has 170 valence electrons. The van der Waals surface area contributed by atoms with Crippen molar-refractivity contribution in [2.75, 3.05) is 17.6 Å². The molecule has 34 heavy (non-hydrogen) atoms. The van der Waals surface area contributed by atoms with Crippen molar-refractivity contribution in [3.63, 3.8) is 0 Å². The minimum absolute atomic E-state index is 0.215. The van der Waals surface area contributed by atoms with E-state index in [2.05, 4.69) is 37.3 Å². The van der Waals surface area contributed by atoms with E-state index in [4.69, 9.17) is 5.10 Å². The van der Waals surface area contributed by atoms with E-state index in [1.807, 2.05) is 66.4 Å². The predicted molar refractivity (Wildman–Crippen MR) is 135 cm³/mol. The molecular formula is C26H22BrN4O2S+. The van der Waals surface area contributed by atoms with Crippen molar-refractivity contribution >= 4 is 50.3 Å². The van der Waals surface area contributed by atoms with Gasteiger partial charge in [-0.3, -0.25) is 14.5 Å². The van der Waals surface area contributed by atoms with E-state index < -0.39 is 0 Å². The molecule has 0 spiro atoms. The summed E-state index contributed by atoms with van der Waals surface area (Å²) in [6.07, 6.45) is 1.30. The lowest BCUT2D eigenvalue weighted by molar-refractivity contribution is -0.645. The molecule has 0 aliphatic carbocycles. The third-order valence-electron chi connectivity index (χ3n) is 6.45. The van der Waals surface area contributed by atoms with Crippen LogP contribution in [0.4, 0.5) is 0 Å². The molecule has 1 unspecified atom stereocenters. The first kappa shape index (κ1) is 21.6. The van der Waals surface area contributed by atoms with Gasteiger partial charge in [-0.1, -0.05) is 63.1 Å². The van der Waals surface area contributed by atoms with Crippen LogP contribution in [0.2, 0.25) is 0 Å². The van der Waals surface area contributed by atoms with Gasteiger partial charge in [0.2, 0.25) is 0 Å². The molecule has 6 rings (SSSR count). The first-order chi connectivity index (χ1) is 16.7. The van der Waals surface area contributed by atoms with Crippen LogP contribution in [-0.2, 0) is 6.42 Å². The third-order valence-corrected chi connectivity index (χ3v) is 8.38. The summed E-state index contributed by atoms with van der Waals surface area (Å²) in [5, 5.41) is 8.61. The molecule has 8 heteroatoms. The maximum Gasteiger partial charge on any atom is 0.301 e. The highest BCUT2D eigenvalue weighted by molar-refractivity contribution is 9.09. The largest absolute Gasteiger partial charge is 0.301 e. The maximum atomic E-state index is 13.2. The molecule has 1 atom stereocenters. The number of halogens is 1. The number of thioether (sulfide) groups is 1. The highest BCUT2D eigenvalue weighted by Crippen LogP contribution is 2.33. The number of para-hydroxylation sites is 1. The average Bonchev–Trinajstić information content (AvgIpc) is 3.43. The van der Waals surface area contributed by atoms with Crippen molar-refractivity contribution in [3.8, 4) is 5.69 Å². The lowest BCUT2D eigenvalue weighted by atomic mass is 9.94. The van der Waals surface area contributed by atoms with Crippen LogP contribution >= 0.6 is 27.7 Å². The van der Waals surface area contributed by atoms with E-state index in [0.717, 1.165) is 38.5 Å². The first-order valence-corrected chi connectivity index (χ1v) is 13.4. The Morgan fingerprint density at radius 2 is 1.68 bits per heavy atom. The molecule has 6 nitrogen and oxygen atoms in total. The molecule has 3 aromatic carbocycles. The topological polar surface area (TPSA) is 59.1 Å². The smallest absolute Gasteiger partial charge is 0.274 e. The van der Waals surface area contributed by atoms with E-state index in [9.17, 15) is 9.59 Å². The second-order valence-electron chi connectivity index (χ2n) is 8.51. The Balaban J connectivity index is 1.27. The SMILES string of the molecule is O=C1c2cccc3cccc(c23)C(=O)N1CCCc1nn2c([n+]1-c1ccccc1)SCC2CBr. The number of hydrogen-bond donors (Lipinski definition) is 0. The number of carbonyl (C=O) groups is 2. The van der Waals surface area contributed by atoms with Gasteiger partial charge in [-0.15, -0.1) is 0 Å². The van der Waals surface area contributed by atoms with Crippen molar-refractivity contribution in [2.24, 2.45) is 0 Å². The number of alkyl halides is 1. The molecule has 3 heterocycles. The molecule has 0 radical (unpaired) electrons. The van der Waals surface area contributed by atoms with E-state index in [-0.39, 0.29) is 11.8 Å². The van der Waals surface area contributed by atoms with Gasteiger partial charge < -0.3 is 0 Å². The molecule has 0 saturated carbocycles. The van der Waals surface area contributed by atoms with Crippen LogP contribution < -0.4 is 4.57 Å². The third kappa shape index (κ3) is 3.39. The van der Waals surface area contributed by atoms with Gasteiger partial charge >= 0.3 is 5.16 Å². The number of amides is 2. The van der Waals surface area contributed by atoms with Gasteiger partial charge in [0.15, 0.2) is 0 Å². The summed E-state index contributed by atoms with van der Waals surface area (Å²) in [6.45, 7) is 0.356. The van der Waals surface area contributed by atoms with E-state index in [1.165, 1.54) is 4.90 Å². The fourth-order valence-electron chi connectivity index (χ4n) is 4.82. The summed E-state index contributed by atoms with van der Waals surface area (Å²) in [6, 6.07) is 21.8. The zero-order valence-electron chi connectivity index (χ0n) is 18.4. The van der Waals surface area contributed by atoms with E-state index in [1.54, 1.807) is 0 Å². The Labute approximate surface area is 209 Å². The number of rotatable bonds is 6. The van der Waals surface area contributed by atoms with Crippen LogP contribution in [-0.4, -0.2) is 44.1 Å². The maximum absolute atomic E-state index is 13.2. The quantitative estimate of drug-likeness (QED) is 0.207. The summed E-state index contributed by atoms with van der Waals surface area (Å²) in [7, 11) is 0. The van der Waals surface area contributed by atoms with Crippen molar-refractivity contribution < 1.29 is 14.2 Å². The number of aryl methyl sites for hydroxylation is 1. The summed E-state index contributed by atoms with van der Waals surface area (Å²) in [5.74, 6) is 1.50. The van der Waals surface area contributed by atoms with Crippen molar-refractivity contribution in [2.45, 2.75) is 24.0 Å². The Hall–Kier alpha value is -2.97. The molecule has 0 fully saturated rings. The monoisotopic (exact) mass is 533 g/mol. The number of carbonyl (C=O) groups excluding carboxylic acids is 2. The lowest BCUT2D eigenvalue weighted by Crippen LogP contribution is -2.41. The highest BCUT2D eigenvalue weighted by Gasteiger charge is 2.38. The van der Waals surface area contributed by atoms with Crippen molar-refractivity contribution in [1.29, 1.82) is 0 Å². The highest BCUT2D eigenvalue weighted by atomic mass is 79.9. The van der Waals surface area contributed by atoms with Crippen LogP contribution in [0.25, 0.3) is 16.5 Å². The van der Waals surface area contributed by atoms with E-state index >= 15 is 0 Å². The predicted octanol–water partition coefficient (Wildman–Crippen LogP) is 4.58. The summed E-state index contributed by atoms with van der Waals surface area (Å²) >= 11 is 5.42. The zero-order chi connectivity index (χ0) is 23.2. The number of nitrogens with zero attached hydrogens (tertiary/aromatic N) is 4. The molecule has 4 aromatic rings. The number of imide groups is 1. The number of aromatic nitrogens is 3. The summed E-state index contributed by atoms with van der Waals surface area (Å²) in [4.78, 5) is 27.8. The van der Waals surface area contributed by atoms with Crippen LogP contribution in [0.5, 0.6) is 0 Å². The zero-order valence-corrected chi connectivity index (χ0v) is 20.8. The van der Waals surface area contributed by atoms with Crippen LogP contribution in [0.15, 0.2) is 71.9 Å². The normalized spacial score (nSPS) is 17.0. The lowest BCUT2D eigenvalue weighted by Gasteiger charge is -2.27. The Morgan fingerprint density at radius 1 is 0.971 bits per heavy atom. The molecule has 0 bridgehead atoms. The summed E-state index contributed by atoms with van der Waals surface area (Å²) in [5.41, 5.74) is 2.28. The molecular weight excluding hydrogens is 512 g/mol. The van der Waals surface area contributed by atoms with Gasteiger partial charge in [0.05, 0.1) is 0 Å². The fourth-order valence-corrected chi connectivity index (χ4v) is 6.89. The molecule has 2 amide bonds. The van der Waals surface area contributed by atoms with Crippen molar-refractivity contribution in [3.05, 3.63) is 83.7 Å². The number of hydrogen-bond acceptors (Lipinski definition) is 4. The molecule has 0 saturated heterocycles. The van der Waals surface area contributed by atoms with Gasteiger partial charge in [-0.25, -0.2) is 0 Å². The number of benzene rings is 3. The first-order valence-electron chi connectivity index (χ1n) is 11.3. The van der Waals surface area contributed by atoms with Crippen LogP contribution in [0.1, 0.15) is 39.0 Å². The van der Waals surface area contributed by atoms with Crippen molar-refractivity contribution in [1.82, 2.24) is 14.7 Å². The Bertz CT molecular complexity index is 1390. The minimum atomic E-state index is -0.215. The van der Waals surface area contributed by atoms with E-state index in [0.29, 0.717) is 36.6 Å². The molecule has 2 aliphatic heterocycles. The van der Waals surface area contributed by atoms with Gasteiger partial charge in [0.25, 0.3) is 17.6 Å². The Morgan fingerprint density at radius 3 is 2.35 bits per heavy atom. The van der Waals surface area contributed by atoms with Gasteiger partial charge in [0, 0.05) is 45.7 Å². The molecule has 1 aromatic heterocycles. The van der Waals surface area contributed by atoms with Gasteiger partial charge in [0.1, 0.15) is 11.7 Å². The molecule has 0 N–H and O–H groups in total.